The molecule has 5 nitrogen and oxygen atoms in total. The third-order valence-electron chi connectivity index (χ3n) is 4.62. The van der Waals surface area contributed by atoms with Crippen molar-refractivity contribution >= 4 is 28.0 Å². The molecule has 0 saturated heterocycles. The van der Waals surface area contributed by atoms with E-state index in [1.54, 1.807) is 10.8 Å². The minimum Gasteiger partial charge on any atom is -0.490 e. The predicted molar refractivity (Wildman–Crippen MR) is 129 cm³/mol. The summed E-state index contributed by atoms with van der Waals surface area (Å²) in [7, 11) is 0. The van der Waals surface area contributed by atoms with Crippen molar-refractivity contribution in [3.05, 3.63) is 107 Å². The molecule has 0 spiro atoms. The molecule has 4 rings (SSSR count). The number of para-hydroxylation sites is 2. The summed E-state index contributed by atoms with van der Waals surface area (Å²) in [6, 6.07) is 27.1. The standard InChI is InChI=1S/C26H21BrN2O3/c27-22-14-11-20(12-15-22)26-21(19-29(28-26)23-7-3-1-4-8-23)13-16-25(30)32-18-17-31-24-9-5-2-6-10-24/h1-16,19H,17-18H2. The maximum absolute atomic E-state index is 12.2. The first-order chi connectivity index (χ1) is 15.7. The van der Waals surface area contributed by atoms with Crippen LogP contribution in [0.15, 0.2) is 102 Å². The fourth-order valence-corrected chi connectivity index (χ4v) is 3.34. The first-order valence-electron chi connectivity index (χ1n) is 10.1. The predicted octanol–water partition coefficient (Wildman–Crippen LogP) is 5.94. The summed E-state index contributed by atoms with van der Waals surface area (Å²) >= 11 is 3.46. The van der Waals surface area contributed by atoms with Gasteiger partial charge in [0, 0.05) is 27.9 Å². The van der Waals surface area contributed by atoms with Crippen LogP contribution in [-0.2, 0) is 9.53 Å². The minimum atomic E-state index is -0.434. The third kappa shape index (κ3) is 5.74. The topological polar surface area (TPSA) is 53.4 Å². The summed E-state index contributed by atoms with van der Waals surface area (Å²) in [5.41, 5.74) is 3.48. The lowest BCUT2D eigenvalue weighted by Crippen LogP contribution is -2.10. The van der Waals surface area contributed by atoms with Gasteiger partial charge in [0.1, 0.15) is 19.0 Å². The maximum Gasteiger partial charge on any atom is 0.330 e. The molecule has 0 amide bonds. The van der Waals surface area contributed by atoms with E-state index in [-0.39, 0.29) is 6.61 Å². The van der Waals surface area contributed by atoms with Crippen LogP contribution < -0.4 is 4.74 Å². The quantitative estimate of drug-likeness (QED) is 0.175. The molecular formula is C26H21BrN2O3. The summed E-state index contributed by atoms with van der Waals surface area (Å²) in [5, 5.41) is 4.75. The van der Waals surface area contributed by atoms with Crippen molar-refractivity contribution < 1.29 is 14.3 Å². The second kappa shape index (κ2) is 10.6. The molecule has 3 aromatic carbocycles. The summed E-state index contributed by atoms with van der Waals surface area (Å²) in [6.45, 7) is 0.459. The van der Waals surface area contributed by atoms with Crippen molar-refractivity contribution in [2.75, 3.05) is 13.2 Å². The Bertz CT molecular complexity index is 1190. The smallest absolute Gasteiger partial charge is 0.330 e. The number of hydrogen-bond acceptors (Lipinski definition) is 4. The van der Waals surface area contributed by atoms with E-state index in [2.05, 4.69) is 15.9 Å². The number of ether oxygens (including phenoxy) is 2. The van der Waals surface area contributed by atoms with Crippen molar-refractivity contribution in [3.63, 3.8) is 0 Å². The molecule has 0 aliphatic rings. The Balaban J connectivity index is 1.46. The first kappa shape index (κ1) is 21.6. The van der Waals surface area contributed by atoms with Gasteiger partial charge in [0.25, 0.3) is 0 Å². The summed E-state index contributed by atoms with van der Waals surface area (Å²) in [4.78, 5) is 12.2. The van der Waals surface area contributed by atoms with Gasteiger partial charge in [-0.05, 0) is 42.5 Å². The monoisotopic (exact) mass is 488 g/mol. The Morgan fingerprint density at radius 1 is 0.906 bits per heavy atom. The Morgan fingerprint density at radius 3 is 2.31 bits per heavy atom. The average Bonchev–Trinajstić information content (AvgIpc) is 3.26. The van der Waals surface area contributed by atoms with E-state index in [9.17, 15) is 4.79 Å². The minimum absolute atomic E-state index is 0.168. The second-order valence-corrected chi connectivity index (χ2v) is 7.80. The number of rotatable bonds is 8. The number of carbonyl (C=O) groups is 1. The molecule has 0 N–H and O–H groups in total. The van der Waals surface area contributed by atoms with E-state index in [0.717, 1.165) is 32.7 Å². The van der Waals surface area contributed by atoms with Gasteiger partial charge in [-0.2, -0.15) is 5.10 Å². The zero-order chi connectivity index (χ0) is 22.2. The average molecular weight is 489 g/mol. The molecule has 0 bridgehead atoms. The maximum atomic E-state index is 12.2. The zero-order valence-electron chi connectivity index (χ0n) is 17.2. The van der Waals surface area contributed by atoms with Gasteiger partial charge < -0.3 is 9.47 Å². The number of esters is 1. The molecular weight excluding hydrogens is 468 g/mol. The highest BCUT2D eigenvalue weighted by Gasteiger charge is 2.11. The van der Waals surface area contributed by atoms with Crippen LogP contribution in [0.2, 0.25) is 0 Å². The fraction of sp³-hybridized carbons (Fsp3) is 0.0769. The van der Waals surface area contributed by atoms with Gasteiger partial charge in [0.05, 0.1) is 11.4 Å². The van der Waals surface area contributed by atoms with Gasteiger partial charge in [0.2, 0.25) is 0 Å². The van der Waals surface area contributed by atoms with E-state index in [1.165, 1.54) is 6.08 Å². The Morgan fingerprint density at radius 2 is 1.59 bits per heavy atom. The molecule has 160 valence electrons. The number of hydrogen-bond donors (Lipinski definition) is 0. The lowest BCUT2D eigenvalue weighted by molar-refractivity contribution is -0.138. The third-order valence-corrected chi connectivity index (χ3v) is 5.15. The molecule has 6 heteroatoms. The SMILES string of the molecule is O=C(C=Cc1cn(-c2ccccc2)nc1-c1ccc(Br)cc1)OCCOc1ccccc1. The van der Waals surface area contributed by atoms with Gasteiger partial charge in [-0.25, -0.2) is 9.48 Å². The first-order valence-corrected chi connectivity index (χ1v) is 10.9. The van der Waals surface area contributed by atoms with Crippen LogP contribution in [-0.4, -0.2) is 29.0 Å². The van der Waals surface area contributed by atoms with E-state index >= 15 is 0 Å². The van der Waals surface area contributed by atoms with Crippen LogP contribution in [0, 0.1) is 0 Å². The summed E-state index contributed by atoms with van der Waals surface area (Å²) in [5.74, 6) is 0.308. The van der Waals surface area contributed by atoms with Gasteiger partial charge >= 0.3 is 5.97 Å². The highest BCUT2D eigenvalue weighted by Crippen LogP contribution is 2.26. The molecule has 0 atom stereocenters. The van der Waals surface area contributed by atoms with Crippen molar-refractivity contribution in [2.45, 2.75) is 0 Å². The molecule has 1 aromatic heterocycles. The molecule has 0 radical (unpaired) electrons. The Hall–Kier alpha value is -3.64. The summed E-state index contributed by atoms with van der Waals surface area (Å²) < 4.78 is 13.6. The summed E-state index contributed by atoms with van der Waals surface area (Å²) in [6.07, 6.45) is 5.04. The van der Waals surface area contributed by atoms with Crippen LogP contribution >= 0.6 is 15.9 Å². The van der Waals surface area contributed by atoms with Crippen LogP contribution in [0.5, 0.6) is 5.75 Å². The van der Waals surface area contributed by atoms with Crippen LogP contribution in [0.3, 0.4) is 0 Å². The van der Waals surface area contributed by atoms with Crippen molar-refractivity contribution in [2.24, 2.45) is 0 Å². The molecule has 32 heavy (non-hydrogen) atoms. The van der Waals surface area contributed by atoms with Gasteiger partial charge in [0.15, 0.2) is 0 Å². The molecule has 4 aromatic rings. The van der Waals surface area contributed by atoms with Crippen LogP contribution in [0.1, 0.15) is 5.56 Å². The largest absolute Gasteiger partial charge is 0.490 e. The number of carbonyl (C=O) groups excluding carboxylic acids is 1. The van der Waals surface area contributed by atoms with Gasteiger partial charge in [-0.1, -0.05) is 64.5 Å². The van der Waals surface area contributed by atoms with E-state index in [1.807, 2.05) is 91.1 Å². The van der Waals surface area contributed by atoms with Crippen LogP contribution in [0.4, 0.5) is 0 Å². The molecule has 0 aliphatic carbocycles. The number of nitrogens with zero attached hydrogens (tertiary/aromatic N) is 2. The molecule has 0 unspecified atom stereocenters. The fourth-order valence-electron chi connectivity index (χ4n) is 3.08. The van der Waals surface area contributed by atoms with Gasteiger partial charge in [-0.15, -0.1) is 0 Å². The second-order valence-electron chi connectivity index (χ2n) is 6.88. The number of halogens is 1. The van der Waals surface area contributed by atoms with Crippen molar-refractivity contribution in [3.8, 4) is 22.7 Å². The highest BCUT2D eigenvalue weighted by molar-refractivity contribution is 9.10. The normalized spacial score (nSPS) is 10.9. The molecule has 0 fully saturated rings. The van der Waals surface area contributed by atoms with Crippen LogP contribution in [0.25, 0.3) is 23.0 Å². The lowest BCUT2D eigenvalue weighted by atomic mass is 10.1. The number of aromatic nitrogens is 2. The molecule has 0 aliphatic heterocycles. The number of benzene rings is 3. The van der Waals surface area contributed by atoms with E-state index in [0.29, 0.717) is 6.61 Å². The van der Waals surface area contributed by atoms with Crippen molar-refractivity contribution in [1.29, 1.82) is 0 Å². The highest BCUT2D eigenvalue weighted by atomic mass is 79.9. The lowest BCUT2D eigenvalue weighted by Gasteiger charge is -2.05. The zero-order valence-corrected chi connectivity index (χ0v) is 18.8. The van der Waals surface area contributed by atoms with Crippen molar-refractivity contribution in [1.82, 2.24) is 9.78 Å². The molecule has 1 heterocycles. The Labute approximate surface area is 195 Å². The molecule has 0 saturated carbocycles. The van der Waals surface area contributed by atoms with Gasteiger partial charge in [-0.3, -0.25) is 0 Å². The van der Waals surface area contributed by atoms with E-state index < -0.39 is 5.97 Å². The Kier molecular flexibility index (Phi) is 7.15. The van der Waals surface area contributed by atoms with E-state index in [4.69, 9.17) is 14.6 Å².